The average molecular weight is 344 g/mol. The standard InChI is InChI=1S/C16H19F3N2O3/c1-3-15(4-2)13(23)21(14(24)20-15)9-12(22)10-5-7-11(8-6-10)16(17,18)19/h5-8,12,22H,3-4,9H2,1-2H3,(H,20,24)/t12-/m1/s1. The van der Waals surface area contributed by atoms with Gasteiger partial charge in [-0.1, -0.05) is 26.0 Å². The maximum Gasteiger partial charge on any atom is 0.416 e. The summed E-state index contributed by atoms with van der Waals surface area (Å²) in [6.07, 6.45) is -4.88. The lowest BCUT2D eigenvalue weighted by Gasteiger charge is -2.24. The summed E-state index contributed by atoms with van der Waals surface area (Å²) >= 11 is 0. The first kappa shape index (κ1) is 18.3. The smallest absolute Gasteiger partial charge is 0.387 e. The van der Waals surface area contributed by atoms with Gasteiger partial charge in [0, 0.05) is 0 Å². The molecule has 24 heavy (non-hydrogen) atoms. The van der Waals surface area contributed by atoms with Gasteiger partial charge in [-0.2, -0.15) is 13.2 Å². The highest BCUT2D eigenvalue weighted by molar-refractivity contribution is 6.07. The van der Waals surface area contributed by atoms with Crippen LogP contribution in [0.1, 0.15) is 43.9 Å². The Balaban J connectivity index is 2.13. The molecule has 0 aliphatic carbocycles. The summed E-state index contributed by atoms with van der Waals surface area (Å²) < 4.78 is 37.6. The minimum Gasteiger partial charge on any atom is -0.387 e. The number of carbonyl (C=O) groups excluding carboxylic acids is 2. The molecule has 1 heterocycles. The molecule has 3 amide bonds. The van der Waals surface area contributed by atoms with Crippen molar-refractivity contribution in [2.45, 2.75) is 44.5 Å². The predicted octanol–water partition coefficient (Wildman–Crippen LogP) is 2.85. The molecule has 1 aromatic rings. The Morgan fingerprint density at radius 3 is 2.12 bits per heavy atom. The normalized spacial score (nSPS) is 18.7. The molecule has 1 aromatic carbocycles. The number of imide groups is 1. The Kier molecular flexibility index (Phi) is 4.89. The fraction of sp³-hybridized carbons (Fsp3) is 0.500. The number of hydrogen-bond acceptors (Lipinski definition) is 3. The van der Waals surface area contributed by atoms with Crippen molar-refractivity contribution < 1.29 is 27.9 Å². The van der Waals surface area contributed by atoms with Gasteiger partial charge in [-0.05, 0) is 30.5 Å². The molecule has 132 valence electrons. The van der Waals surface area contributed by atoms with E-state index in [1.807, 2.05) is 0 Å². The summed E-state index contributed by atoms with van der Waals surface area (Å²) in [4.78, 5) is 25.4. The number of alkyl halides is 3. The highest BCUT2D eigenvalue weighted by atomic mass is 19.4. The van der Waals surface area contributed by atoms with Crippen molar-refractivity contribution in [3.05, 3.63) is 35.4 Å². The molecule has 8 heteroatoms. The van der Waals surface area contributed by atoms with Gasteiger partial charge in [0.2, 0.25) is 0 Å². The summed E-state index contributed by atoms with van der Waals surface area (Å²) in [7, 11) is 0. The minimum atomic E-state index is -4.46. The molecule has 1 aliphatic heterocycles. The molecule has 0 spiro atoms. The molecule has 0 radical (unpaired) electrons. The van der Waals surface area contributed by atoms with E-state index in [1.54, 1.807) is 13.8 Å². The first-order chi connectivity index (χ1) is 11.1. The van der Waals surface area contributed by atoms with Gasteiger partial charge < -0.3 is 10.4 Å². The molecular formula is C16H19F3N2O3. The third-order valence-corrected chi connectivity index (χ3v) is 4.43. The number of carbonyl (C=O) groups is 2. The number of urea groups is 1. The van der Waals surface area contributed by atoms with Crippen LogP contribution < -0.4 is 5.32 Å². The summed E-state index contributed by atoms with van der Waals surface area (Å²) in [5, 5.41) is 12.8. The van der Waals surface area contributed by atoms with E-state index in [0.717, 1.165) is 29.2 Å². The summed E-state index contributed by atoms with van der Waals surface area (Å²) in [6, 6.07) is 3.38. The predicted molar refractivity (Wildman–Crippen MR) is 80.0 cm³/mol. The second-order valence-electron chi connectivity index (χ2n) is 5.77. The lowest BCUT2D eigenvalue weighted by Crippen LogP contribution is -2.46. The van der Waals surface area contributed by atoms with Gasteiger partial charge in [0.15, 0.2) is 0 Å². The van der Waals surface area contributed by atoms with Crippen LogP contribution in [0.15, 0.2) is 24.3 Å². The van der Waals surface area contributed by atoms with Crippen LogP contribution in [-0.4, -0.2) is 34.0 Å². The molecule has 1 aliphatic rings. The third kappa shape index (κ3) is 3.24. The fourth-order valence-corrected chi connectivity index (χ4v) is 2.74. The zero-order chi connectivity index (χ0) is 18.1. The van der Waals surface area contributed by atoms with Gasteiger partial charge in [0.25, 0.3) is 5.91 Å². The first-order valence-electron chi connectivity index (χ1n) is 7.64. The Labute approximate surface area is 137 Å². The summed E-state index contributed by atoms with van der Waals surface area (Å²) in [6.45, 7) is 3.24. The Morgan fingerprint density at radius 2 is 1.71 bits per heavy atom. The van der Waals surface area contributed by atoms with Crippen molar-refractivity contribution in [1.29, 1.82) is 0 Å². The summed E-state index contributed by atoms with van der Waals surface area (Å²) in [5.41, 5.74) is -1.60. The third-order valence-electron chi connectivity index (χ3n) is 4.43. The van der Waals surface area contributed by atoms with Crippen LogP contribution in [-0.2, 0) is 11.0 Å². The molecule has 5 nitrogen and oxygen atoms in total. The number of aliphatic hydroxyl groups is 1. The van der Waals surface area contributed by atoms with E-state index in [9.17, 15) is 27.9 Å². The molecule has 0 bridgehead atoms. The zero-order valence-corrected chi connectivity index (χ0v) is 13.4. The lowest BCUT2D eigenvalue weighted by molar-refractivity contribution is -0.137. The molecule has 2 rings (SSSR count). The molecule has 1 fully saturated rings. The number of amides is 3. The van der Waals surface area contributed by atoms with E-state index < -0.39 is 35.3 Å². The molecule has 0 unspecified atom stereocenters. The van der Waals surface area contributed by atoms with Crippen LogP contribution in [0, 0.1) is 0 Å². The molecule has 2 N–H and O–H groups in total. The van der Waals surface area contributed by atoms with E-state index in [0.29, 0.717) is 12.8 Å². The molecule has 1 atom stereocenters. The van der Waals surface area contributed by atoms with E-state index in [1.165, 1.54) is 0 Å². The van der Waals surface area contributed by atoms with Crippen molar-refractivity contribution in [3.8, 4) is 0 Å². The highest BCUT2D eigenvalue weighted by Crippen LogP contribution is 2.31. The number of hydrogen-bond donors (Lipinski definition) is 2. The summed E-state index contributed by atoms with van der Waals surface area (Å²) in [5.74, 6) is -0.427. The topological polar surface area (TPSA) is 69.6 Å². The van der Waals surface area contributed by atoms with E-state index in [-0.39, 0.29) is 12.1 Å². The van der Waals surface area contributed by atoms with Gasteiger partial charge in [-0.15, -0.1) is 0 Å². The fourth-order valence-electron chi connectivity index (χ4n) is 2.74. The van der Waals surface area contributed by atoms with E-state index >= 15 is 0 Å². The quantitative estimate of drug-likeness (QED) is 0.807. The van der Waals surface area contributed by atoms with Crippen LogP contribution >= 0.6 is 0 Å². The molecule has 0 saturated carbocycles. The first-order valence-corrected chi connectivity index (χ1v) is 7.64. The van der Waals surface area contributed by atoms with Gasteiger partial charge in [-0.25, -0.2) is 4.79 Å². The zero-order valence-electron chi connectivity index (χ0n) is 13.4. The van der Waals surface area contributed by atoms with Crippen LogP contribution in [0.25, 0.3) is 0 Å². The minimum absolute atomic E-state index is 0.203. The Bertz CT molecular complexity index is 624. The number of nitrogens with one attached hydrogen (secondary N) is 1. The number of nitrogens with zero attached hydrogens (tertiary/aromatic N) is 1. The van der Waals surface area contributed by atoms with Crippen molar-refractivity contribution in [1.82, 2.24) is 10.2 Å². The highest BCUT2D eigenvalue weighted by Gasteiger charge is 2.49. The number of benzene rings is 1. The second-order valence-corrected chi connectivity index (χ2v) is 5.77. The van der Waals surface area contributed by atoms with E-state index in [4.69, 9.17) is 0 Å². The SMILES string of the molecule is CCC1(CC)NC(=O)N(C[C@@H](O)c2ccc(C(F)(F)F)cc2)C1=O. The molecular weight excluding hydrogens is 325 g/mol. The van der Waals surface area contributed by atoms with Crippen LogP contribution in [0.2, 0.25) is 0 Å². The van der Waals surface area contributed by atoms with Crippen molar-refractivity contribution >= 4 is 11.9 Å². The van der Waals surface area contributed by atoms with Crippen molar-refractivity contribution in [2.75, 3.05) is 6.54 Å². The Hall–Kier alpha value is -2.09. The maximum atomic E-state index is 12.5. The number of rotatable bonds is 5. The maximum absolute atomic E-state index is 12.5. The van der Waals surface area contributed by atoms with Gasteiger partial charge in [-0.3, -0.25) is 9.69 Å². The van der Waals surface area contributed by atoms with Crippen LogP contribution in [0.4, 0.5) is 18.0 Å². The second kappa shape index (κ2) is 6.43. The average Bonchev–Trinajstić information content (AvgIpc) is 2.78. The largest absolute Gasteiger partial charge is 0.416 e. The molecule has 0 aromatic heterocycles. The van der Waals surface area contributed by atoms with E-state index in [2.05, 4.69) is 5.32 Å². The Morgan fingerprint density at radius 1 is 1.17 bits per heavy atom. The van der Waals surface area contributed by atoms with Gasteiger partial charge >= 0.3 is 12.2 Å². The van der Waals surface area contributed by atoms with Gasteiger partial charge in [0.05, 0.1) is 18.2 Å². The van der Waals surface area contributed by atoms with Crippen molar-refractivity contribution in [2.24, 2.45) is 0 Å². The van der Waals surface area contributed by atoms with Gasteiger partial charge in [0.1, 0.15) is 5.54 Å². The number of halogens is 3. The van der Waals surface area contributed by atoms with Crippen molar-refractivity contribution in [3.63, 3.8) is 0 Å². The van der Waals surface area contributed by atoms with Crippen LogP contribution in [0.3, 0.4) is 0 Å². The monoisotopic (exact) mass is 344 g/mol. The number of aliphatic hydroxyl groups excluding tert-OH is 1. The lowest BCUT2D eigenvalue weighted by atomic mass is 9.93. The van der Waals surface area contributed by atoms with Crippen LogP contribution in [0.5, 0.6) is 0 Å². The molecule has 1 saturated heterocycles. The number of β-amino-alcohol motifs (C(OH)–C–C–N with tert-alkyl or cyclic N) is 1.